The molecule has 102 valence electrons. The largest absolute Gasteiger partial charge is 0.399 e. The quantitative estimate of drug-likeness (QED) is 0.665. The van der Waals surface area contributed by atoms with E-state index in [1.807, 2.05) is 4.90 Å². The number of likely N-dealkylation sites (tertiary alicyclic amines) is 1. The first-order chi connectivity index (χ1) is 9.04. The zero-order valence-corrected chi connectivity index (χ0v) is 10.6. The van der Waals surface area contributed by atoms with Crippen LogP contribution in [0.3, 0.4) is 0 Å². The molecule has 1 unspecified atom stereocenters. The maximum atomic E-state index is 11.8. The molecular formula is C13H18N4O2. The maximum absolute atomic E-state index is 11.8. The number of primary amides is 1. The van der Waals surface area contributed by atoms with E-state index in [4.69, 9.17) is 11.5 Å². The van der Waals surface area contributed by atoms with Gasteiger partial charge in [-0.2, -0.15) is 0 Å². The lowest BCUT2D eigenvalue weighted by atomic mass is 10.1. The predicted molar refractivity (Wildman–Crippen MR) is 73.2 cm³/mol. The molecule has 6 heteroatoms. The van der Waals surface area contributed by atoms with Gasteiger partial charge in [-0.1, -0.05) is 0 Å². The summed E-state index contributed by atoms with van der Waals surface area (Å²) in [7, 11) is 0. The Morgan fingerprint density at radius 1 is 1.32 bits per heavy atom. The Bertz CT molecular complexity index is 472. The molecule has 1 aromatic rings. The van der Waals surface area contributed by atoms with Gasteiger partial charge in [-0.05, 0) is 37.2 Å². The van der Waals surface area contributed by atoms with Gasteiger partial charge in [0.05, 0.1) is 12.5 Å². The number of carbonyl (C=O) groups is 2. The Morgan fingerprint density at radius 2 is 2.00 bits per heavy atom. The lowest BCUT2D eigenvalue weighted by Gasteiger charge is -2.15. The van der Waals surface area contributed by atoms with Crippen molar-refractivity contribution < 1.29 is 9.59 Å². The molecule has 1 atom stereocenters. The Kier molecular flexibility index (Phi) is 4.01. The molecule has 6 nitrogen and oxygen atoms in total. The van der Waals surface area contributed by atoms with Crippen LogP contribution in [-0.4, -0.2) is 36.3 Å². The average molecular weight is 262 g/mol. The normalized spacial score (nSPS) is 19.3. The highest BCUT2D eigenvalue weighted by atomic mass is 16.2. The monoisotopic (exact) mass is 262 g/mol. The van der Waals surface area contributed by atoms with Crippen LogP contribution in [0.1, 0.15) is 6.42 Å². The van der Waals surface area contributed by atoms with E-state index >= 15 is 0 Å². The number of anilines is 2. The van der Waals surface area contributed by atoms with E-state index in [1.54, 1.807) is 24.3 Å². The predicted octanol–water partition coefficient (Wildman–Crippen LogP) is 0.0145. The van der Waals surface area contributed by atoms with E-state index < -0.39 is 0 Å². The van der Waals surface area contributed by atoms with Crippen LogP contribution in [0.2, 0.25) is 0 Å². The number of rotatable bonds is 4. The first-order valence-electron chi connectivity index (χ1n) is 6.21. The minimum Gasteiger partial charge on any atom is -0.399 e. The molecule has 1 heterocycles. The number of hydrogen-bond donors (Lipinski definition) is 3. The van der Waals surface area contributed by atoms with E-state index in [1.165, 1.54) is 0 Å². The fourth-order valence-corrected chi connectivity index (χ4v) is 2.18. The summed E-state index contributed by atoms with van der Waals surface area (Å²) in [6, 6.07) is 6.97. The fraction of sp³-hybridized carbons (Fsp3) is 0.385. The van der Waals surface area contributed by atoms with Gasteiger partial charge in [0.1, 0.15) is 0 Å². The maximum Gasteiger partial charge on any atom is 0.238 e. The summed E-state index contributed by atoms with van der Waals surface area (Å²) >= 11 is 0. The SMILES string of the molecule is NC(=O)C1CCN(CC(=O)Nc2ccc(N)cc2)C1. The van der Waals surface area contributed by atoms with Crippen molar-refractivity contribution in [3.63, 3.8) is 0 Å². The number of nitrogen functional groups attached to an aromatic ring is 1. The molecule has 0 aliphatic carbocycles. The molecule has 0 spiro atoms. The van der Waals surface area contributed by atoms with Crippen LogP contribution in [0.25, 0.3) is 0 Å². The minimum atomic E-state index is -0.290. The van der Waals surface area contributed by atoms with Crippen molar-refractivity contribution in [2.45, 2.75) is 6.42 Å². The number of carbonyl (C=O) groups excluding carboxylic acids is 2. The minimum absolute atomic E-state index is 0.102. The Morgan fingerprint density at radius 3 is 2.58 bits per heavy atom. The molecule has 1 aliphatic rings. The van der Waals surface area contributed by atoms with Crippen molar-refractivity contribution in [3.05, 3.63) is 24.3 Å². The molecule has 1 saturated heterocycles. The van der Waals surface area contributed by atoms with Crippen molar-refractivity contribution in [2.24, 2.45) is 11.7 Å². The summed E-state index contributed by atoms with van der Waals surface area (Å²) in [6.07, 6.45) is 0.727. The van der Waals surface area contributed by atoms with Gasteiger partial charge in [-0.3, -0.25) is 14.5 Å². The molecular weight excluding hydrogens is 244 g/mol. The van der Waals surface area contributed by atoms with Crippen molar-refractivity contribution >= 4 is 23.2 Å². The third-order valence-corrected chi connectivity index (χ3v) is 3.24. The van der Waals surface area contributed by atoms with Crippen LogP contribution in [0.15, 0.2) is 24.3 Å². The Labute approximate surface area is 111 Å². The lowest BCUT2D eigenvalue weighted by Crippen LogP contribution is -2.33. The molecule has 19 heavy (non-hydrogen) atoms. The van der Waals surface area contributed by atoms with Gasteiger partial charge in [0.2, 0.25) is 11.8 Å². The van der Waals surface area contributed by atoms with Gasteiger partial charge >= 0.3 is 0 Å². The molecule has 1 fully saturated rings. The molecule has 2 amide bonds. The number of nitrogens with one attached hydrogen (secondary N) is 1. The molecule has 2 rings (SSSR count). The summed E-state index contributed by atoms with van der Waals surface area (Å²) in [5.41, 5.74) is 12.2. The number of benzene rings is 1. The zero-order chi connectivity index (χ0) is 13.8. The summed E-state index contributed by atoms with van der Waals surface area (Å²) in [5, 5.41) is 2.79. The lowest BCUT2D eigenvalue weighted by molar-refractivity contribution is -0.122. The van der Waals surface area contributed by atoms with Gasteiger partial charge in [-0.15, -0.1) is 0 Å². The molecule has 1 aliphatic heterocycles. The molecule has 0 radical (unpaired) electrons. The molecule has 0 bridgehead atoms. The van der Waals surface area contributed by atoms with Crippen molar-refractivity contribution in [2.75, 3.05) is 30.7 Å². The van der Waals surface area contributed by atoms with Gasteiger partial charge in [0.25, 0.3) is 0 Å². The van der Waals surface area contributed by atoms with Crippen LogP contribution in [-0.2, 0) is 9.59 Å². The number of hydrogen-bond acceptors (Lipinski definition) is 4. The van der Waals surface area contributed by atoms with E-state index in [-0.39, 0.29) is 24.3 Å². The summed E-state index contributed by atoms with van der Waals surface area (Å²) in [6.45, 7) is 1.56. The third-order valence-electron chi connectivity index (χ3n) is 3.24. The van der Waals surface area contributed by atoms with E-state index in [2.05, 4.69) is 5.32 Å². The molecule has 0 aromatic heterocycles. The van der Waals surface area contributed by atoms with Crippen molar-refractivity contribution in [3.8, 4) is 0 Å². The highest BCUT2D eigenvalue weighted by Gasteiger charge is 2.27. The Hall–Kier alpha value is -2.08. The number of amides is 2. The Balaban J connectivity index is 1.82. The highest BCUT2D eigenvalue weighted by molar-refractivity contribution is 5.92. The second kappa shape index (κ2) is 5.71. The van der Waals surface area contributed by atoms with Crippen LogP contribution >= 0.6 is 0 Å². The smallest absolute Gasteiger partial charge is 0.238 e. The second-order valence-corrected chi connectivity index (χ2v) is 4.79. The summed E-state index contributed by atoms with van der Waals surface area (Å²) in [5.74, 6) is -0.527. The van der Waals surface area contributed by atoms with Crippen LogP contribution in [0.5, 0.6) is 0 Å². The van der Waals surface area contributed by atoms with Crippen molar-refractivity contribution in [1.29, 1.82) is 0 Å². The first kappa shape index (κ1) is 13.4. The van der Waals surface area contributed by atoms with Gasteiger partial charge in [-0.25, -0.2) is 0 Å². The van der Waals surface area contributed by atoms with Crippen LogP contribution in [0.4, 0.5) is 11.4 Å². The molecule has 0 saturated carbocycles. The topological polar surface area (TPSA) is 101 Å². The van der Waals surface area contributed by atoms with E-state index in [9.17, 15) is 9.59 Å². The molecule has 5 N–H and O–H groups in total. The van der Waals surface area contributed by atoms with Crippen LogP contribution < -0.4 is 16.8 Å². The van der Waals surface area contributed by atoms with Gasteiger partial charge in [0.15, 0.2) is 0 Å². The average Bonchev–Trinajstić information content (AvgIpc) is 2.80. The zero-order valence-electron chi connectivity index (χ0n) is 10.6. The standard InChI is InChI=1S/C13H18N4O2/c14-10-1-3-11(4-2-10)16-12(18)8-17-6-5-9(7-17)13(15)19/h1-4,9H,5-8,14H2,(H2,15,19)(H,16,18). The number of nitrogens with two attached hydrogens (primary N) is 2. The summed E-state index contributed by atoms with van der Waals surface area (Å²) < 4.78 is 0. The van der Waals surface area contributed by atoms with Gasteiger partial charge < -0.3 is 16.8 Å². The molecule has 1 aromatic carbocycles. The van der Waals surface area contributed by atoms with Crippen molar-refractivity contribution in [1.82, 2.24) is 4.90 Å². The van der Waals surface area contributed by atoms with E-state index in [0.717, 1.165) is 13.0 Å². The summed E-state index contributed by atoms with van der Waals surface area (Å²) in [4.78, 5) is 24.8. The highest BCUT2D eigenvalue weighted by Crippen LogP contribution is 2.15. The second-order valence-electron chi connectivity index (χ2n) is 4.79. The third kappa shape index (κ3) is 3.69. The first-order valence-corrected chi connectivity index (χ1v) is 6.21. The number of nitrogens with zero attached hydrogens (tertiary/aromatic N) is 1. The van der Waals surface area contributed by atoms with E-state index in [0.29, 0.717) is 17.9 Å². The van der Waals surface area contributed by atoms with Gasteiger partial charge in [0, 0.05) is 17.9 Å². The fourth-order valence-electron chi connectivity index (χ4n) is 2.18. The van der Waals surface area contributed by atoms with Crippen LogP contribution in [0, 0.1) is 5.92 Å².